The van der Waals surface area contributed by atoms with Crippen molar-refractivity contribution >= 4 is 38.6 Å². The van der Waals surface area contributed by atoms with Crippen LogP contribution in [-0.4, -0.2) is 18.0 Å². The number of benzene rings is 3. The third-order valence-corrected chi connectivity index (χ3v) is 5.05. The van der Waals surface area contributed by atoms with Gasteiger partial charge in [-0.15, -0.1) is 0 Å². The Kier molecular flexibility index (Phi) is 4.88. The van der Waals surface area contributed by atoms with Gasteiger partial charge in [-0.05, 0) is 70.9 Å². The molecule has 3 aromatic carbocycles. The first-order valence-electron chi connectivity index (χ1n) is 8.66. The Morgan fingerprint density at radius 2 is 1.93 bits per heavy atom. The molecule has 0 spiro atoms. The zero-order chi connectivity index (χ0) is 19.7. The quantitative estimate of drug-likeness (QED) is 0.437. The molecule has 0 aliphatic carbocycles. The predicted molar refractivity (Wildman–Crippen MR) is 113 cm³/mol. The fourth-order valence-electron chi connectivity index (χ4n) is 2.95. The molecule has 1 heterocycles. The number of aromatic nitrogens is 1. The van der Waals surface area contributed by atoms with Crippen LogP contribution < -0.4 is 10.1 Å². The minimum atomic E-state index is -0.153. The maximum absolute atomic E-state index is 12.5. The van der Waals surface area contributed by atoms with Crippen molar-refractivity contribution in [2.24, 2.45) is 0 Å². The van der Waals surface area contributed by atoms with E-state index in [1.165, 1.54) is 0 Å². The number of nitrogens with zero attached hydrogens (tertiary/aromatic N) is 1. The van der Waals surface area contributed by atoms with Gasteiger partial charge in [0.15, 0.2) is 5.58 Å². The van der Waals surface area contributed by atoms with Gasteiger partial charge in [0, 0.05) is 16.8 Å². The molecule has 140 valence electrons. The lowest BCUT2D eigenvalue weighted by molar-refractivity contribution is 0.102. The maximum Gasteiger partial charge on any atom is 0.255 e. The number of aryl methyl sites for hydroxylation is 1. The van der Waals surface area contributed by atoms with E-state index in [2.05, 4.69) is 26.2 Å². The first-order chi connectivity index (χ1) is 13.5. The van der Waals surface area contributed by atoms with Crippen LogP contribution in [0, 0.1) is 6.92 Å². The van der Waals surface area contributed by atoms with Crippen LogP contribution in [0.3, 0.4) is 0 Å². The normalized spacial score (nSPS) is 10.8. The molecule has 0 saturated heterocycles. The lowest BCUT2D eigenvalue weighted by Crippen LogP contribution is -2.13. The van der Waals surface area contributed by atoms with Crippen molar-refractivity contribution in [1.29, 1.82) is 0 Å². The molecule has 1 amide bonds. The molecule has 0 saturated carbocycles. The van der Waals surface area contributed by atoms with E-state index in [9.17, 15) is 4.79 Å². The first-order valence-corrected chi connectivity index (χ1v) is 9.46. The smallest absolute Gasteiger partial charge is 0.255 e. The Morgan fingerprint density at radius 1 is 1.11 bits per heavy atom. The second kappa shape index (κ2) is 7.48. The zero-order valence-corrected chi connectivity index (χ0v) is 16.9. The molecule has 0 aliphatic rings. The number of carbonyl (C=O) groups is 1. The van der Waals surface area contributed by atoms with Crippen molar-refractivity contribution in [2.75, 3.05) is 12.4 Å². The third-order valence-electron chi connectivity index (χ3n) is 4.43. The number of anilines is 1. The van der Waals surface area contributed by atoms with Crippen LogP contribution in [0.1, 0.15) is 15.9 Å². The summed E-state index contributed by atoms with van der Waals surface area (Å²) in [7, 11) is 1.62. The van der Waals surface area contributed by atoms with Gasteiger partial charge in [0.25, 0.3) is 5.91 Å². The highest BCUT2D eigenvalue weighted by molar-refractivity contribution is 9.10. The lowest BCUT2D eigenvalue weighted by Gasteiger charge is -2.07. The van der Waals surface area contributed by atoms with Gasteiger partial charge in [-0.3, -0.25) is 4.79 Å². The van der Waals surface area contributed by atoms with Crippen LogP contribution in [0.25, 0.3) is 22.6 Å². The van der Waals surface area contributed by atoms with E-state index in [0.717, 1.165) is 21.3 Å². The standard InChI is InChI=1S/C22H17BrN2O3/c1-13-5-3-4-6-16(13)21(26)24-15-8-10-20-18(12-15)25-22(28-20)14-7-9-19(27-2)17(23)11-14/h3-12H,1-2H3,(H,24,26). The Morgan fingerprint density at radius 3 is 2.68 bits per heavy atom. The SMILES string of the molecule is COc1ccc(-c2nc3cc(NC(=O)c4ccccc4C)ccc3o2)cc1Br. The monoisotopic (exact) mass is 436 g/mol. The molecule has 1 aromatic heterocycles. The van der Waals surface area contributed by atoms with Crippen molar-refractivity contribution in [3.8, 4) is 17.2 Å². The van der Waals surface area contributed by atoms with Crippen LogP contribution >= 0.6 is 15.9 Å². The molecule has 0 atom stereocenters. The Balaban J connectivity index is 1.62. The number of fused-ring (bicyclic) bond motifs is 1. The molecule has 6 heteroatoms. The molecule has 0 fully saturated rings. The summed E-state index contributed by atoms with van der Waals surface area (Å²) in [5.41, 5.74) is 4.38. The fraction of sp³-hybridized carbons (Fsp3) is 0.0909. The van der Waals surface area contributed by atoms with Crippen molar-refractivity contribution in [1.82, 2.24) is 4.98 Å². The second-order valence-corrected chi connectivity index (χ2v) is 7.17. The molecule has 4 rings (SSSR count). The molecule has 28 heavy (non-hydrogen) atoms. The third kappa shape index (κ3) is 3.51. The summed E-state index contributed by atoms with van der Waals surface area (Å²) in [5, 5.41) is 2.92. The summed E-state index contributed by atoms with van der Waals surface area (Å²) >= 11 is 3.47. The van der Waals surface area contributed by atoms with E-state index >= 15 is 0 Å². The van der Waals surface area contributed by atoms with E-state index in [-0.39, 0.29) is 5.91 Å². The fourth-order valence-corrected chi connectivity index (χ4v) is 3.49. The van der Waals surface area contributed by atoms with E-state index in [1.807, 2.05) is 43.3 Å². The molecule has 0 aliphatic heterocycles. The summed E-state index contributed by atoms with van der Waals surface area (Å²) in [6.07, 6.45) is 0. The number of nitrogens with one attached hydrogen (secondary N) is 1. The average Bonchev–Trinajstić information content (AvgIpc) is 3.11. The number of rotatable bonds is 4. The number of oxazole rings is 1. The van der Waals surface area contributed by atoms with Gasteiger partial charge in [0.05, 0.1) is 11.6 Å². The lowest BCUT2D eigenvalue weighted by atomic mass is 10.1. The Labute approximate surface area is 170 Å². The highest BCUT2D eigenvalue weighted by atomic mass is 79.9. The summed E-state index contributed by atoms with van der Waals surface area (Å²) < 4.78 is 11.9. The summed E-state index contributed by atoms with van der Waals surface area (Å²) in [6.45, 7) is 1.91. The van der Waals surface area contributed by atoms with E-state index in [0.29, 0.717) is 28.2 Å². The molecule has 4 aromatic rings. The summed E-state index contributed by atoms with van der Waals surface area (Å²) in [5.74, 6) is 1.09. The van der Waals surface area contributed by atoms with Crippen molar-refractivity contribution in [3.63, 3.8) is 0 Å². The summed E-state index contributed by atoms with van der Waals surface area (Å²) in [4.78, 5) is 17.1. The molecular formula is C22H17BrN2O3. The zero-order valence-electron chi connectivity index (χ0n) is 15.3. The predicted octanol–water partition coefficient (Wildman–Crippen LogP) is 5.83. The van der Waals surface area contributed by atoms with Gasteiger partial charge < -0.3 is 14.5 Å². The van der Waals surface area contributed by atoms with Gasteiger partial charge in [-0.25, -0.2) is 4.98 Å². The van der Waals surface area contributed by atoms with Crippen molar-refractivity contribution in [3.05, 3.63) is 76.3 Å². The molecule has 5 nitrogen and oxygen atoms in total. The number of carbonyl (C=O) groups excluding carboxylic acids is 1. The van der Waals surface area contributed by atoms with Crippen LogP contribution in [0.15, 0.2) is 69.6 Å². The number of hydrogen-bond donors (Lipinski definition) is 1. The van der Waals surface area contributed by atoms with E-state index < -0.39 is 0 Å². The largest absolute Gasteiger partial charge is 0.496 e. The highest BCUT2D eigenvalue weighted by Crippen LogP contribution is 2.32. The van der Waals surface area contributed by atoms with Gasteiger partial charge >= 0.3 is 0 Å². The number of amides is 1. The van der Waals surface area contributed by atoms with Crippen LogP contribution in [0.4, 0.5) is 5.69 Å². The Hall–Kier alpha value is -3.12. The van der Waals surface area contributed by atoms with Gasteiger partial charge in [0.1, 0.15) is 11.3 Å². The van der Waals surface area contributed by atoms with E-state index in [1.54, 1.807) is 31.4 Å². The van der Waals surface area contributed by atoms with Crippen LogP contribution in [-0.2, 0) is 0 Å². The molecule has 0 bridgehead atoms. The minimum absolute atomic E-state index is 0.153. The molecule has 0 unspecified atom stereocenters. The van der Waals surface area contributed by atoms with Crippen LogP contribution in [0.2, 0.25) is 0 Å². The number of methoxy groups -OCH3 is 1. The maximum atomic E-state index is 12.5. The average molecular weight is 437 g/mol. The molecule has 1 N–H and O–H groups in total. The van der Waals surface area contributed by atoms with Gasteiger partial charge in [-0.2, -0.15) is 0 Å². The van der Waals surface area contributed by atoms with Crippen LogP contribution in [0.5, 0.6) is 5.75 Å². The topological polar surface area (TPSA) is 64.4 Å². The first kappa shape index (κ1) is 18.3. The van der Waals surface area contributed by atoms with Crippen molar-refractivity contribution < 1.29 is 13.9 Å². The summed E-state index contributed by atoms with van der Waals surface area (Å²) in [6, 6.07) is 18.5. The number of ether oxygens (including phenoxy) is 1. The van der Waals surface area contributed by atoms with Gasteiger partial charge in [0.2, 0.25) is 5.89 Å². The van der Waals surface area contributed by atoms with Crippen molar-refractivity contribution in [2.45, 2.75) is 6.92 Å². The van der Waals surface area contributed by atoms with Gasteiger partial charge in [-0.1, -0.05) is 18.2 Å². The highest BCUT2D eigenvalue weighted by Gasteiger charge is 2.13. The van der Waals surface area contributed by atoms with E-state index in [4.69, 9.17) is 9.15 Å². The second-order valence-electron chi connectivity index (χ2n) is 6.32. The number of hydrogen-bond acceptors (Lipinski definition) is 4. The Bertz CT molecular complexity index is 1180. The number of halogens is 1. The minimum Gasteiger partial charge on any atom is -0.496 e. The molecular weight excluding hydrogens is 420 g/mol. The molecule has 0 radical (unpaired) electrons.